The van der Waals surface area contributed by atoms with E-state index in [0.717, 1.165) is 16.9 Å². The van der Waals surface area contributed by atoms with Crippen LogP contribution >= 0.6 is 0 Å². The molecule has 3 aromatic rings. The van der Waals surface area contributed by atoms with Crippen molar-refractivity contribution in [3.8, 4) is 11.4 Å². The van der Waals surface area contributed by atoms with Crippen molar-refractivity contribution < 1.29 is 19.4 Å². The van der Waals surface area contributed by atoms with Gasteiger partial charge in [0.2, 0.25) is 0 Å². The summed E-state index contributed by atoms with van der Waals surface area (Å²) < 4.78 is 12.2. The fourth-order valence-electron chi connectivity index (χ4n) is 2.86. The zero-order chi connectivity index (χ0) is 17.1. The predicted molar refractivity (Wildman–Crippen MR) is 91.8 cm³/mol. The van der Waals surface area contributed by atoms with Crippen LogP contribution in [-0.2, 0) is 9.47 Å². The van der Waals surface area contributed by atoms with Gasteiger partial charge in [-0.3, -0.25) is 0 Å². The Kier molecular flexibility index (Phi) is 4.53. The van der Waals surface area contributed by atoms with E-state index >= 15 is 0 Å². The van der Waals surface area contributed by atoms with Crippen molar-refractivity contribution in [2.75, 3.05) is 20.3 Å². The lowest BCUT2D eigenvalue weighted by atomic mass is 10.1. The van der Waals surface area contributed by atoms with Gasteiger partial charge in [0, 0.05) is 23.9 Å². The molecule has 0 fully saturated rings. The van der Waals surface area contributed by atoms with E-state index in [4.69, 9.17) is 9.47 Å². The number of rotatable bonds is 5. The Morgan fingerprint density at radius 2 is 1.88 bits per heavy atom. The van der Waals surface area contributed by atoms with E-state index in [1.807, 2.05) is 41.8 Å². The molecule has 0 unspecified atom stereocenters. The van der Waals surface area contributed by atoms with Crippen molar-refractivity contribution in [3.63, 3.8) is 0 Å². The summed E-state index contributed by atoms with van der Waals surface area (Å²) >= 11 is 0. The second-order valence-electron chi connectivity index (χ2n) is 5.46. The van der Waals surface area contributed by atoms with Crippen LogP contribution in [0, 0.1) is 6.92 Å². The zero-order valence-corrected chi connectivity index (χ0v) is 13.7. The number of carbonyl (C=O) groups is 1. The van der Waals surface area contributed by atoms with E-state index in [9.17, 15) is 9.90 Å². The van der Waals surface area contributed by atoms with Gasteiger partial charge in [0.1, 0.15) is 12.4 Å². The lowest BCUT2D eigenvalue weighted by Gasteiger charge is -2.08. The minimum atomic E-state index is -0.421. The highest BCUT2D eigenvalue weighted by Crippen LogP contribution is 2.32. The van der Waals surface area contributed by atoms with Crippen LogP contribution in [0.1, 0.15) is 16.1 Å². The van der Waals surface area contributed by atoms with Crippen molar-refractivity contribution in [1.29, 1.82) is 0 Å². The van der Waals surface area contributed by atoms with Crippen molar-refractivity contribution in [2.24, 2.45) is 0 Å². The largest absolute Gasteiger partial charge is 0.508 e. The molecule has 1 aromatic heterocycles. The number of aromatic nitrogens is 1. The molecular formula is C19H19NO4. The fourth-order valence-corrected chi connectivity index (χ4v) is 2.86. The number of ether oxygens (including phenoxy) is 2. The van der Waals surface area contributed by atoms with Gasteiger partial charge in [-0.1, -0.05) is 18.2 Å². The molecule has 124 valence electrons. The highest BCUT2D eigenvalue weighted by atomic mass is 16.6. The van der Waals surface area contributed by atoms with E-state index in [0.29, 0.717) is 17.6 Å². The Labute approximate surface area is 140 Å². The Morgan fingerprint density at radius 3 is 2.58 bits per heavy atom. The lowest BCUT2D eigenvalue weighted by molar-refractivity contribution is 0.0389. The van der Waals surface area contributed by atoms with Crippen LogP contribution in [0.2, 0.25) is 0 Å². The van der Waals surface area contributed by atoms with Gasteiger partial charge >= 0.3 is 5.97 Å². The summed E-state index contributed by atoms with van der Waals surface area (Å²) in [6.45, 7) is 2.40. The fraction of sp³-hybridized carbons (Fsp3) is 0.211. The van der Waals surface area contributed by atoms with Gasteiger partial charge < -0.3 is 19.1 Å². The average molecular weight is 325 g/mol. The van der Waals surface area contributed by atoms with Crippen LogP contribution in [0.5, 0.6) is 5.75 Å². The number of fused-ring (bicyclic) bond motifs is 1. The normalized spacial score (nSPS) is 10.9. The average Bonchev–Trinajstić information content (AvgIpc) is 2.87. The van der Waals surface area contributed by atoms with Crippen LogP contribution in [0.15, 0.2) is 48.5 Å². The summed E-state index contributed by atoms with van der Waals surface area (Å²) in [4.78, 5) is 12.5. The Balaban J connectivity index is 2.17. The molecule has 1 heterocycles. The maximum Gasteiger partial charge on any atom is 0.340 e. The van der Waals surface area contributed by atoms with E-state index in [2.05, 4.69) is 0 Å². The SMILES string of the molecule is COCCOC(=O)c1c(C)n(-c2ccccc2)c2ccc(O)cc12. The molecule has 0 radical (unpaired) electrons. The van der Waals surface area contributed by atoms with Gasteiger partial charge in [0.05, 0.1) is 17.7 Å². The Bertz CT molecular complexity index is 868. The molecule has 0 aliphatic heterocycles. The molecule has 24 heavy (non-hydrogen) atoms. The molecule has 5 heteroatoms. The molecule has 0 aliphatic carbocycles. The molecule has 0 amide bonds. The summed E-state index contributed by atoms with van der Waals surface area (Å²) in [5.74, 6) is -0.312. The van der Waals surface area contributed by atoms with Crippen molar-refractivity contribution >= 4 is 16.9 Å². The summed E-state index contributed by atoms with van der Waals surface area (Å²) in [5.41, 5.74) is 3.02. The first-order valence-corrected chi connectivity index (χ1v) is 7.69. The number of hydrogen-bond acceptors (Lipinski definition) is 4. The van der Waals surface area contributed by atoms with Gasteiger partial charge in [-0.15, -0.1) is 0 Å². The minimum absolute atomic E-state index is 0.110. The highest BCUT2D eigenvalue weighted by molar-refractivity contribution is 6.07. The number of phenols is 1. The number of phenolic OH excluding ortho intramolecular Hbond substituents is 1. The first-order chi connectivity index (χ1) is 11.6. The van der Waals surface area contributed by atoms with Crippen LogP contribution in [-0.4, -0.2) is 36.0 Å². The Hall–Kier alpha value is -2.79. The summed E-state index contributed by atoms with van der Waals surface area (Å²) in [6.07, 6.45) is 0. The number of para-hydroxylation sites is 1. The van der Waals surface area contributed by atoms with E-state index in [1.54, 1.807) is 25.3 Å². The van der Waals surface area contributed by atoms with Crippen LogP contribution in [0.3, 0.4) is 0 Å². The number of hydrogen-bond donors (Lipinski definition) is 1. The second-order valence-corrected chi connectivity index (χ2v) is 5.46. The standard InChI is InChI=1S/C19H19NO4/c1-13-18(19(22)24-11-10-23-2)16-12-15(21)8-9-17(16)20(13)14-6-4-3-5-7-14/h3-9,12,21H,10-11H2,1-2H3. The molecular weight excluding hydrogens is 306 g/mol. The second kappa shape index (κ2) is 6.76. The van der Waals surface area contributed by atoms with Gasteiger partial charge in [-0.05, 0) is 37.3 Å². The monoisotopic (exact) mass is 325 g/mol. The van der Waals surface area contributed by atoms with E-state index in [-0.39, 0.29) is 12.4 Å². The first kappa shape index (κ1) is 16.1. The van der Waals surface area contributed by atoms with Crippen molar-refractivity contribution in [3.05, 3.63) is 59.8 Å². The first-order valence-electron chi connectivity index (χ1n) is 7.69. The van der Waals surface area contributed by atoms with Gasteiger partial charge in [-0.25, -0.2) is 4.79 Å². The molecule has 3 rings (SSSR count). The quantitative estimate of drug-likeness (QED) is 0.576. The van der Waals surface area contributed by atoms with Gasteiger partial charge in [0.25, 0.3) is 0 Å². The third-order valence-corrected chi connectivity index (χ3v) is 3.93. The third kappa shape index (κ3) is 2.86. The van der Waals surface area contributed by atoms with E-state index in [1.165, 1.54) is 0 Å². The molecule has 5 nitrogen and oxygen atoms in total. The smallest absolute Gasteiger partial charge is 0.340 e. The van der Waals surface area contributed by atoms with Crippen LogP contribution in [0.25, 0.3) is 16.6 Å². The zero-order valence-electron chi connectivity index (χ0n) is 13.7. The number of methoxy groups -OCH3 is 1. The van der Waals surface area contributed by atoms with Gasteiger partial charge in [-0.2, -0.15) is 0 Å². The number of carbonyl (C=O) groups excluding carboxylic acids is 1. The maximum absolute atomic E-state index is 12.5. The van der Waals surface area contributed by atoms with Crippen LogP contribution in [0.4, 0.5) is 0 Å². The molecule has 0 atom stereocenters. The highest BCUT2D eigenvalue weighted by Gasteiger charge is 2.22. The minimum Gasteiger partial charge on any atom is -0.508 e. The summed E-state index contributed by atoms with van der Waals surface area (Å²) in [6, 6.07) is 14.8. The molecule has 0 bridgehead atoms. The number of esters is 1. The van der Waals surface area contributed by atoms with Crippen molar-refractivity contribution in [2.45, 2.75) is 6.92 Å². The number of benzene rings is 2. The molecule has 1 N–H and O–H groups in total. The molecule has 0 spiro atoms. The van der Waals surface area contributed by atoms with Gasteiger partial charge in [0.15, 0.2) is 0 Å². The topological polar surface area (TPSA) is 60.7 Å². The molecule has 2 aromatic carbocycles. The summed E-state index contributed by atoms with van der Waals surface area (Å²) in [7, 11) is 1.55. The molecule has 0 aliphatic rings. The molecule has 0 saturated heterocycles. The predicted octanol–water partition coefficient (Wildman–Crippen LogP) is 3.45. The lowest BCUT2D eigenvalue weighted by Crippen LogP contribution is -2.11. The van der Waals surface area contributed by atoms with Crippen molar-refractivity contribution in [1.82, 2.24) is 4.57 Å². The number of nitrogens with zero attached hydrogens (tertiary/aromatic N) is 1. The number of aromatic hydroxyl groups is 1. The maximum atomic E-state index is 12.5. The third-order valence-electron chi connectivity index (χ3n) is 3.93. The van der Waals surface area contributed by atoms with E-state index < -0.39 is 5.97 Å². The van der Waals surface area contributed by atoms with Crippen LogP contribution < -0.4 is 0 Å². The summed E-state index contributed by atoms with van der Waals surface area (Å²) in [5, 5.41) is 10.5. The molecule has 0 saturated carbocycles. The Morgan fingerprint density at radius 1 is 1.12 bits per heavy atom.